The lowest BCUT2D eigenvalue weighted by molar-refractivity contribution is -0.0452. The van der Waals surface area contributed by atoms with Crippen molar-refractivity contribution in [3.63, 3.8) is 0 Å². The highest BCUT2D eigenvalue weighted by molar-refractivity contribution is 7.90. The minimum atomic E-state index is -3.12. The summed E-state index contributed by atoms with van der Waals surface area (Å²) in [6.07, 6.45) is 1.55. The van der Waals surface area contributed by atoms with Gasteiger partial charge >= 0.3 is 0 Å². The molecule has 0 radical (unpaired) electrons. The minimum Gasteiger partial charge on any atom is -0.367 e. The number of carbonyl (C=O) groups excluding carboxylic acids is 1. The molecule has 1 aliphatic carbocycles. The quantitative estimate of drug-likeness (QED) is 0.705. The van der Waals surface area contributed by atoms with Crippen LogP contribution in [0.2, 0.25) is 0 Å². The fourth-order valence-electron chi connectivity index (χ4n) is 4.54. The van der Waals surface area contributed by atoms with Crippen LogP contribution in [0.4, 0.5) is 14.5 Å². The van der Waals surface area contributed by atoms with Crippen LogP contribution in [0.25, 0.3) is 10.9 Å². The highest BCUT2D eigenvalue weighted by Crippen LogP contribution is 2.36. The highest BCUT2D eigenvalue weighted by Gasteiger charge is 2.35. The summed E-state index contributed by atoms with van der Waals surface area (Å²) in [4.78, 5) is 27.8. The van der Waals surface area contributed by atoms with Crippen LogP contribution in [0.3, 0.4) is 0 Å². The first kappa shape index (κ1) is 22.7. The summed E-state index contributed by atoms with van der Waals surface area (Å²) >= 11 is 0. The number of aromatic nitrogens is 1. The van der Waals surface area contributed by atoms with Crippen molar-refractivity contribution in [1.82, 2.24) is 9.88 Å². The van der Waals surface area contributed by atoms with Gasteiger partial charge in [-0.1, -0.05) is 12.1 Å². The number of carbonyl (C=O) groups is 1. The lowest BCUT2D eigenvalue weighted by Gasteiger charge is -2.32. The predicted octanol–water partition coefficient (Wildman–Crippen LogP) is 2.42. The number of benzene rings is 1. The number of pyridine rings is 1. The molecule has 2 heterocycles. The monoisotopic (exact) mass is 467 g/mol. The third kappa shape index (κ3) is 4.79. The number of alkyl halides is 2. The van der Waals surface area contributed by atoms with Gasteiger partial charge in [0, 0.05) is 50.7 Å². The molecule has 1 aliphatic heterocycles. The number of anilines is 1. The molecule has 1 amide bonds. The standard InChI is InChI=1S/C22H27F2N3O4S/c1-32(30,31)12-11-26-9-10-27-19-16(3-2-4-18(19)26)13-17(21(27)29)20(28)25-14-15-5-7-22(23,24)8-6-15/h2-4,13,15H,5-12,14H2,1H3,(H,25,28). The SMILES string of the molecule is CS(=O)(=O)CCN1CCn2c(=O)c(C(=O)NCC3CCC(F)(F)CC3)cc3cccc1c32. The Morgan fingerprint density at radius 3 is 2.62 bits per heavy atom. The van der Waals surface area contributed by atoms with E-state index in [0.29, 0.717) is 43.4 Å². The van der Waals surface area contributed by atoms with Crippen molar-refractivity contribution >= 4 is 32.3 Å². The Balaban J connectivity index is 1.56. The molecule has 10 heteroatoms. The molecule has 2 aromatic rings. The van der Waals surface area contributed by atoms with E-state index in [-0.39, 0.29) is 36.6 Å². The van der Waals surface area contributed by atoms with Crippen molar-refractivity contribution in [2.75, 3.05) is 36.5 Å². The Hall–Kier alpha value is -2.49. The van der Waals surface area contributed by atoms with E-state index in [9.17, 15) is 26.8 Å². The zero-order chi connectivity index (χ0) is 23.1. The van der Waals surface area contributed by atoms with Gasteiger partial charge in [-0.05, 0) is 30.9 Å². The Morgan fingerprint density at radius 1 is 1.22 bits per heavy atom. The van der Waals surface area contributed by atoms with Gasteiger partial charge in [-0.15, -0.1) is 0 Å². The maximum atomic E-state index is 13.3. The number of amides is 1. The second-order valence-corrected chi connectivity index (χ2v) is 11.1. The van der Waals surface area contributed by atoms with Gasteiger partial charge in [0.2, 0.25) is 5.92 Å². The third-order valence-electron chi connectivity index (χ3n) is 6.39. The van der Waals surface area contributed by atoms with Gasteiger partial charge < -0.3 is 14.8 Å². The summed E-state index contributed by atoms with van der Waals surface area (Å²) < 4.78 is 51.4. The molecule has 0 unspecified atom stereocenters. The van der Waals surface area contributed by atoms with Gasteiger partial charge in [-0.3, -0.25) is 9.59 Å². The van der Waals surface area contributed by atoms with Gasteiger partial charge in [0.1, 0.15) is 15.4 Å². The molecule has 32 heavy (non-hydrogen) atoms. The van der Waals surface area contributed by atoms with Gasteiger partial charge in [0.15, 0.2) is 0 Å². The maximum absolute atomic E-state index is 13.3. The van der Waals surface area contributed by atoms with E-state index >= 15 is 0 Å². The zero-order valence-corrected chi connectivity index (χ0v) is 18.8. The fourth-order valence-corrected chi connectivity index (χ4v) is 5.09. The van der Waals surface area contributed by atoms with Crippen molar-refractivity contribution < 1.29 is 22.0 Å². The number of hydrogen-bond donors (Lipinski definition) is 1. The largest absolute Gasteiger partial charge is 0.367 e. The molecule has 1 aromatic carbocycles. The Bertz CT molecular complexity index is 1200. The number of rotatable bonds is 6. The summed E-state index contributed by atoms with van der Waals surface area (Å²) in [5, 5.41) is 3.47. The lowest BCUT2D eigenvalue weighted by atomic mass is 9.87. The molecule has 4 rings (SSSR count). The molecule has 1 N–H and O–H groups in total. The second-order valence-electron chi connectivity index (χ2n) is 8.86. The van der Waals surface area contributed by atoms with Crippen LogP contribution in [-0.2, 0) is 16.4 Å². The molecule has 0 bridgehead atoms. The fraction of sp³-hybridized carbons (Fsp3) is 0.545. The Morgan fingerprint density at radius 2 is 1.94 bits per heavy atom. The first-order valence-corrected chi connectivity index (χ1v) is 12.9. The first-order valence-electron chi connectivity index (χ1n) is 10.8. The van der Waals surface area contributed by atoms with E-state index in [1.165, 1.54) is 6.26 Å². The van der Waals surface area contributed by atoms with Gasteiger partial charge in [-0.25, -0.2) is 17.2 Å². The normalized spacial score (nSPS) is 18.7. The smallest absolute Gasteiger partial charge is 0.264 e. The number of para-hydroxylation sites is 1. The van der Waals surface area contributed by atoms with Crippen LogP contribution in [-0.4, -0.2) is 56.5 Å². The molecule has 1 aromatic heterocycles. The van der Waals surface area contributed by atoms with Crippen LogP contribution >= 0.6 is 0 Å². The molecule has 0 saturated heterocycles. The molecule has 7 nitrogen and oxygen atoms in total. The Labute approximate surface area is 185 Å². The molecular formula is C22H27F2N3O4S. The predicted molar refractivity (Wildman–Crippen MR) is 119 cm³/mol. The summed E-state index contributed by atoms with van der Waals surface area (Å²) in [5.41, 5.74) is 1.08. The molecule has 0 atom stereocenters. The van der Waals surface area contributed by atoms with E-state index in [1.54, 1.807) is 10.6 Å². The van der Waals surface area contributed by atoms with Crippen molar-refractivity contribution in [3.05, 3.63) is 40.2 Å². The van der Waals surface area contributed by atoms with Crippen LogP contribution in [0.1, 0.15) is 36.0 Å². The summed E-state index contributed by atoms with van der Waals surface area (Å²) in [6, 6.07) is 7.03. The number of hydrogen-bond acceptors (Lipinski definition) is 5. The molecule has 174 valence electrons. The first-order chi connectivity index (χ1) is 15.0. The van der Waals surface area contributed by atoms with E-state index in [1.807, 2.05) is 23.1 Å². The molecule has 1 fully saturated rings. The van der Waals surface area contributed by atoms with Crippen molar-refractivity contribution in [2.24, 2.45) is 5.92 Å². The molecule has 2 aliphatic rings. The summed E-state index contributed by atoms with van der Waals surface area (Å²) in [7, 11) is -3.12. The van der Waals surface area contributed by atoms with Crippen LogP contribution < -0.4 is 15.8 Å². The van der Waals surface area contributed by atoms with Gasteiger partial charge in [0.25, 0.3) is 11.5 Å². The maximum Gasteiger partial charge on any atom is 0.264 e. The minimum absolute atomic E-state index is 0.0151. The number of sulfone groups is 1. The summed E-state index contributed by atoms with van der Waals surface area (Å²) in [5.74, 6) is -3.12. The van der Waals surface area contributed by atoms with Gasteiger partial charge in [-0.2, -0.15) is 0 Å². The van der Waals surface area contributed by atoms with Crippen LogP contribution in [0.15, 0.2) is 29.1 Å². The Kier molecular flexibility index (Phi) is 6.00. The van der Waals surface area contributed by atoms with E-state index in [0.717, 1.165) is 5.69 Å². The van der Waals surface area contributed by atoms with Crippen molar-refractivity contribution in [1.29, 1.82) is 0 Å². The third-order valence-corrected chi connectivity index (χ3v) is 7.31. The average molecular weight is 468 g/mol. The van der Waals surface area contributed by atoms with Gasteiger partial charge in [0.05, 0.1) is 17.0 Å². The molecule has 1 saturated carbocycles. The van der Waals surface area contributed by atoms with Crippen molar-refractivity contribution in [3.8, 4) is 0 Å². The zero-order valence-electron chi connectivity index (χ0n) is 17.9. The van der Waals surface area contributed by atoms with Crippen molar-refractivity contribution in [2.45, 2.75) is 38.2 Å². The van der Waals surface area contributed by atoms with E-state index in [2.05, 4.69) is 5.32 Å². The molecule has 0 spiro atoms. The lowest BCUT2D eigenvalue weighted by Crippen LogP contribution is -2.41. The van der Waals surface area contributed by atoms with E-state index < -0.39 is 27.2 Å². The molecular weight excluding hydrogens is 440 g/mol. The average Bonchev–Trinajstić information content (AvgIpc) is 2.73. The highest BCUT2D eigenvalue weighted by atomic mass is 32.2. The number of halogens is 2. The second kappa shape index (κ2) is 8.46. The summed E-state index contributed by atoms with van der Waals surface area (Å²) in [6.45, 7) is 1.40. The number of nitrogens with one attached hydrogen (secondary N) is 1. The topological polar surface area (TPSA) is 88.5 Å². The van der Waals surface area contributed by atoms with Crippen LogP contribution in [0, 0.1) is 5.92 Å². The van der Waals surface area contributed by atoms with E-state index in [4.69, 9.17) is 0 Å². The number of nitrogens with zero attached hydrogens (tertiary/aromatic N) is 2. The van der Waals surface area contributed by atoms with Crippen LogP contribution in [0.5, 0.6) is 0 Å².